The Kier molecular flexibility index (Phi) is 3.59. The minimum atomic E-state index is 1.35. The van der Waals surface area contributed by atoms with Gasteiger partial charge in [0.05, 0.1) is 6.21 Å². The molecule has 0 rings (SSSR count). The molecule has 0 bridgehead atoms. The fourth-order valence-corrected chi connectivity index (χ4v) is 0.0782. The van der Waals surface area contributed by atoms with Crippen molar-refractivity contribution in [1.82, 2.24) is 0 Å². The van der Waals surface area contributed by atoms with Crippen molar-refractivity contribution in [2.75, 3.05) is 0 Å². The van der Waals surface area contributed by atoms with Crippen LogP contribution in [0.25, 0.3) is 0 Å². The summed E-state index contributed by atoms with van der Waals surface area (Å²) in [6, 6.07) is 0. The van der Waals surface area contributed by atoms with Gasteiger partial charge in [-0.3, -0.25) is 0 Å². The molecule has 0 saturated carbocycles. The largest absolute Gasteiger partial charge is 0.303 e. The van der Waals surface area contributed by atoms with Crippen molar-refractivity contribution in [3.05, 3.63) is 12.7 Å². The number of nitrogens with two attached hydrogens (primary N) is 1. The number of hydrogen-bond acceptors (Lipinski definition) is 3. The Balaban J connectivity index is 2.94. The third-order valence-corrected chi connectivity index (χ3v) is 0.227. The number of hydrogen-bond donors (Lipinski definition) is 1. The van der Waals surface area contributed by atoms with Gasteiger partial charge in [-0.15, -0.1) is 5.90 Å². The Labute approximate surface area is 36.0 Å². The number of oxime groups is 1. The summed E-state index contributed by atoms with van der Waals surface area (Å²) in [7, 11) is 0. The Bertz CT molecular complexity index is 59.8. The van der Waals surface area contributed by atoms with E-state index in [4.69, 9.17) is 0 Å². The zero-order valence-corrected chi connectivity index (χ0v) is 3.29. The van der Waals surface area contributed by atoms with Crippen LogP contribution in [0.3, 0.4) is 0 Å². The fraction of sp³-hybridized carbons (Fsp3) is 0. The molecule has 34 valence electrons. The lowest BCUT2D eigenvalue weighted by molar-refractivity contribution is 0.151. The quantitative estimate of drug-likeness (QED) is 0.381. The molecule has 6 heavy (non-hydrogen) atoms. The number of nitrogens with zero attached hydrogens (tertiary/aromatic N) is 1. The molecule has 0 aliphatic carbocycles. The monoisotopic (exact) mass is 86.0 g/mol. The van der Waals surface area contributed by atoms with Gasteiger partial charge in [0.25, 0.3) is 0 Å². The average molecular weight is 86.1 g/mol. The van der Waals surface area contributed by atoms with Crippen LogP contribution in [0.4, 0.5) is 0 Å². The van der Waals surface area contributed by atoms with Crippen molar-refractivity contribution in [2.45, 2.75) is 0 Å². The molecule has 0 aromatic heterocycles. The van der Waals surface area contributed by atoms with Gasteiger partial charge in [-0.2, -0.15) is 0 Å². The van der Waals surface area contributed by atoms with Gasteiger partial charge in [-0.25, -0.2) is 0 Å². The van der Waals surface area contributed by atoms with Gasteiger partial charge in [0.1, 0.15) is 0 Å². The van der Waals surface area contributed by atoms with E-state index in [9.17, 15) is 0 Å². The highest BCUT2D eigenvalue weighted by Gasteiger charge is 1.52. The molecule has 0 fully saturated rings. The highest BCUT2D eigenvalue weighted by Crippen LogP contribution is 1.56. The summed E-state index contributed by atoms with van der Waals surface area (Å²) in [6.07, 6.45) is 2.81. The predicted molar refractivity (Wildman–Crippen MR) is 24.0 cm³/mol. The normalized spacial score (nSPS) is 8.83. The minimum Gasteiger partial charge on any atom is -0.303 e. The molecule has 0 aliphatic rings. The highest BCUT2D eigenvalue weighted by atomic mass is 16.7. The third-order valence-electron chi connectivity index (χ3n) is 0.227. The summed E-state index contributed by atoms with van der Waals surface area (Å²) in [5, 5.41) is 3.12. The molecular weight excluding hydrogens is 80.0 g/mol. The van der Waals surface area contributed by atoms with Crippen LogP contribution < -0.4 is 5.90 Å². The van der Waals surface area contributed by atoms with Crippen molar-refractivity contribution in [1.29, 1.82) is 0 Å². The van der Waals surface area contributed by atoms with E-state index in [1.54, 1.807) is 0 Å². The van der Waals surface area contributed by atoms with Gasteiger partial charge in [-0.1, -0.05) is 11.7 Å². The van der Waals surface area contributed by atoms with Gasteiger partial charge in [0.2, 0.25) is 0 Å². The molecule has 0 aliphatic heterocycles. The molecular formula is C3H6N2O. The average Bonchev–Trinajstić information content (AvgIpc) is 1.61. The van der Waals surface area contributed by atoms with E-state index in [-0.39, 0.29) is 0 Å². The standard InChI is InChI=1S/C3H6N2O/c1-2-3-5-6-4/h2-3H,1,4H2/b5-3-. The first kappa shape index (κ1) is 5.17. The molecule has 3 nitrogen and oxygen atoms in total. The zero-order chi connectivity index (χ0) is 4.83. The van der Waals surface area contributed by atoms with Crippen LogP contribution in [-0.4, -0.2) is 6.21 Å². The van der Waals surface area contributed by atoms with Crippen molar-refractivity contribution in [3.8, 4) is 0 Å². The van der Waals surface area contributed by atoms with E-state index in [0.717, 1.165) is 0 Å². The lowest BCUT2D eigenvalue weighted by Crippen LogP contribution is -1.87. The SMILES string of the molecule is C=C/C=N\ON. The van der Waals surface area contributed by atoms with Gasteiger partial charge >= 0.3 is 0 Å². The van der Waals surface area contributed by atoms with Crippen LogP contribution in [-0.2, 0) is 4.94 Å². The molecule has 3 heteroatoms. The van der Waals surface area contributed by atoms with Crippen LogP contribution in [0.1, 0.15) is 0 Å². The number of rotatable bonds is 2. The zero-order valence-electron chi connectivity index (χ0n) is 3.29. The predicted octanol–water partition coefficient (Wildman–Crippen LogP) is 0.0485. The van der Waals surface area contributed by atoms with E-state index in [2.05, 4.69) is 22.6 Å². The summed E-state index contributed by atoms with van der Waals surface area (Å²) in [5.74, 6) is 4.47. The summed E-state index contributed by atoms with van der Waals surface area (Å²) < 4.78 is 0. The van der Waals surface area contributed by atoms with Crippen LogP contribution in [0.2, 0.25) is 0 Å². The van der Waals surface area contributed by atoms with E-state index in [0.29, 0.717) is 0 Å². The first-order valence-electron chi connectivity index (χ1n) is 1.42. The molecule has 0 saturated heterocycles. The van der Waals surface area contributed by atoms with Crippen LogP contribution in [0.5, 0.6) is 0 Å². The molecule has 0 amide bonds. The maximum absolute atomic E-state index is 4.47. The summed E-state index contributed by atoms with van der Waals surface area (Å²) in [4.78, 5) is 3.78. The maximum atomic E-state index is 4.47. The Hall–Kier alpha value is -0.830. The summed E-state index contributed by atoms with van der Waals surface area (Å²) in [5.41, 5.74) is 0. The maximum Gasteiger partial charge on any atom is 0.0682 e. The van der Waals surface area contributed by atoms with Gasteiger partial charge in [-0.05, 0) is 6.08 Å². The molecule has 0 heterocycles. The van der Waals surface area contributed by atoms with Crippen LogP contribution in [0, 0.1) is 0 Å². The van der Waals surface area contributed by atoms with E-state index >= 15 is 0 Å². The van der Waals surface area contributed by atoms with Crippen LogP contribution in [0.15, 0.2) is 17.8 Å². The van der Waals surface area contributed by atoms with E-state index < -0.39 is 0 Å². The second-order valence-corrected chi connectivity index (χ2v) is 0.596. The fourth-order valence-electron chi connectivity index (χ4n) is 0.0782. The van der Waals surface area contributed by atoms with Crippen molar-refractivity contribution < 1.29 is 4.94 Å². The first-order chi connectivity index (χ1) is 2.91. The smallest absolute Gasteiger partial charge is 0.0682 e. The molecule has 0 aromatic carbocycles. The molecule has 0 unspecified atom stereocenters. The van der Waals surface area contributed by atoms with E-state index in [1.165, 1.54) is 12.3 Å². The Morgan fingerprint density at radius 1 is 1.83 bits per heavy atom. The van der Waals surface area contributed by atoms with Crippen molar-refractivity contribution in [3.63, 3.8) is 0 Å². The topological polar surface area (TPSA) is 47.6 Å². The van der Waals surface area contributed by atoms with Crippen molar-refractivity contribution >= 4 is 6.21 Å². The van der Waals surface area contributed by atoms with Crippen molar-refractivity contribution in [2.24, 2.45) is 11.1 Å². The van der Waals surface area contributed by atoms with Gasteiger partial charge in [0, 0.05) is 0 Å². The molecule has 0 atom stereocenters. The molecule has 2 N–H and O–H groups in total. The second kappa shape index (κ2) is 4.17. The summed E-state index contributed by atoms with van der Waals surface area (Å²) >= 11 is 0. The Morgan fingerprint density at radius 3 is 2.67 bits per heavy atom. The van der Waals surface area contributed by atoms with Crippen LogP contribution >= 0.6 is 0 Å². The highest BCUT2D eigenvalue weighted by molar-refractivity contribution is 5.69. The molecule has 0 aromatic rings. The van der Waals surface area contributed by atoms with E-state index in [1.807, 2.05) is 0 Å². The summed E-state index contributed by atoms with van der Waals surface area (Å²) in [6.45, 7) is 3.31. The lowest BCUT2D eigenvalue weighted by Gasteiger charge is -1.75. The third kappa shape index (κ3) is 3.17. The second-order valence-electron chi connectivity index (χ2n) is 0.596. The molecule has 0 radical (unpaired) electrons. The number of allylic oxidation sites excluding steroid dienone is 1. The van der Waals surface area contributed by atoms with Gasteiger partial charge < -0.3 is 4.94 Å². The first-order valence-corrected chi connectivity index (χ1v) is 1.42. The molecule has 0 spiro atoms. The Morgan fingerprint density at radius 2 is 2.50 bits per heavy atom. The lowest BCUT2D eigenvalue weighted by atomic mass is 10.7. The minimum absolute atomic E-state index is 1.35. The van der Waals surface area contributed by atoms with Gasteiger partial charge in [0.15, 0.2) is 0 Å².